The van der Waals surface area contributed by atoms with Gasteiger partial charge in [-0.1, -0.05) is 13.8 Å². The highest BCUT2D eigenvalue weighted by Crippen LogP contribution is 2.42. The summed E-state index contributed by atoms with van der Waals surface area (Å²) >= 11 is 0. The van der Waals surface area contributed by atoms with Gasteiger partial charge in [-0.15, -0.1) is 0 Å². The number of nitrogens with zero attached hydrogens (tertiary/aromatic N) is 1. The van der Waals surface area contributed by atoms with Crippen molar-refractivity contribution in [1.29, 1.82) is 0 Å². The van der Waals surface area contributed by atoms with E-state index in [4.69, 9.17) is 9.84 Å². The fraction of sp³-hybridized carbons (Fsp3) is 0.769. The van der Waals surface area contributed by atoms with Crippen molar-refractivity contribution in [2.45, 2.75) is 38.5 Å². The predicted octanol–water partition coefficient (Wildman–Crippen LogP) is -0.605. The van der Waals surface area contributed by atoms with Crippen molar-refractivity contribution in [1.82, 2.24) is 15.5 Å². The van der Waals surface area contributed by atoms with Gasteiger partial charge in [0.1, 0.15) is 12.6 Å². The molecule has 2 fully saturated rings. The Kier molecular flexibility index (Phi) is 4.08. The topological polar surface area (TPSA) is 108 Å². The van der Waals surface area contributed by atoms with Gasteiger partial charge >= 0.3 is 12.0 Å². The number of methoxy groups -OCH3 is 1. The minimum atomic E-state index is -1.13. The van der Waals surface area contributed by atoms with Crippen molar-refractivity contribution in [2.75, 3.05) is 20.2 Å². The Bertz CT molecular complexity index is 465. The lowest BCUT2D eigenvalue weighted by Gasteiger charge is -2.51. The average Bonchev–Trinajstić information content (AvgIpc) is 2.42. The molecule has 0 aromatic rings. The molecule has 0 spiro atoms. The number of nitrogens with one attached hydrogen (secondary N) is 2. The molecule has 2 aliphatic rings. The number of hydrogen-bond acceptors (Lipinski definition) is 4. The average molecular weight is 299 g/mol. The van der Waals surface area contributed by atoms with E-state index >= 15 is 0 Å². The summed E-state index contributed by atoms with van der Waals surface area (Å²) in [5.41, 5.74) is -0.221. The quantitative estimate of drug-likeness (QED) is 0.644. The van der Waals surface area contributed by atoms with Crippen molar-refractivity contribution in [3.8, 4) is 0 Å². The zero-order chi connectivity index (χ0) is 15.8. The zero-order valence-corrected chi connectivity index (χ0v) is 12.4. The minimum absolute atomic E-state index is 0.0581. The van der Waals surface area contributed by atoms with Crippen molar-refractivity contribution < 1.29 is 24.2 Å². The summed E-state index contributed by atoms with van der Waals surface area (Å²) in [5, 5.41) is 14.4. The lowest BCUT2D eigenvalue weighted by atomic mass is 9.64. The van der Waals surface area contributed by atoms with Crippen LogP contribution in [-0.2, 0) is 14.3 Å². The van der Waals surface area contributed by atoms with E-state index in [1.165, 1.54) is 0 Å². The standard InChI is InChI=1S/C13H21N3O5/c1-13(2)8(4-9(13)21-3)15-12(20)16-6-10(17)14-5-7(16)11(18)19/h7-9H,4-6H2,1-3H3,(H,14,17)(H,15,20)(H,18,19). The van der Waals surface area contributed by atoms with Crippen LogP contribution in [0.25, 0.3) is 0 Å². The number of hydrogen-bond donors (Lipinski definition) is 3. The number of carbonyl (C=O) groups is 3. The molecule has 2 rings (SSSR count). The Hall–Kier alpha value is -1.83. The van der Waals surface area contributed by atoms with Crippen LogP contribution in [0.15, 0.2) is 0 Å². The van der Waals surface area contributed by atoms with Crippen LogP contribution in [0.1, 0.15) is 20.3 Å². The van der Waals surface area contributed by atoms with Gasteiger partial charge in [-0.3, -0.25) is 9.69 Å². The van der Waals surface area contributed by atoms with Gasteiger partial charge in [-0.25, -0.2) is 9.59 Å². The third kappa shape index (κ3) is 2.80. The van der Waals surface area contributed by atoms with Gasteiger partial charge in [0.15, 0.2) is 0 Å². The van der Waals surface area contributed by atoms with Gasteiger partial charge in [0.25, 0.3) is 0 Å². The van der Waals surface area contributed by atoms with E-state index in [9.17, 15) is 14.4 Å². The van der Waals surface area contributed by atoms with Crippen LogP contribution in [-0.4, -0.2) is 66.3 Å². The van der Waals surface area contributed by atoms with E-state index < -0.39 is 18.0 Å². The first-order valence-corrected chi connectivity index (χ1v) is 6.86. The number of carboxylic acids is 1. The number of carboxylic acid groups (broad SMARTS) is 1. The van der Waals surface area contributed by atoms with Gasteiger partial charge in [0.05, 0.1) is 6.10 Å². The van der Waals surface area contributed by atoms with Crippen molar-refractivity contribution in [2.24, 2.45) is 5.41 Å². The third-order valence-corrected chi connectivity index (χ3v) is 4.49. The Morgan fingerprint density at radius 2 is 2.14 bits per heavy atom. The van der Waals surface area contributed by atoms with E-state index in [0.717, 1.165) is 4.90 Å². The molecular formula is C13H21N3O5. The first-order valence-electron chi connectivity index (χ1n) is 6.86. The molecule has 0 aromatic carbocycles. The van der Waals surface area contributed by atoms with E-state index in [1.807, 2.05) is 13.8 Å². The van der Waals surface area contributed by atoms with Crippen molar-refractivity contribution in [3.63, 3.8) is 0 Å². The summed E-state index contributed by atoms with van der Waals surface area (Å²) < 4.78 is 5.31. The van der Waals surface area contributed by atoms with E-state index in [0.29, 0.717) is 6.42 Å². The smallest absolute Gasteiger partial charge is 0.328 e. The maximum absolute atomic E-state index is 12.3. The maximum Gasteiger partial charge on any atom is 0.328 e. The van der Waals surface area contributed by atoms with E-state index in [-0.39, 0.29) is 36.6 Å². The molecule has 3 atom stereocenters. The molecule has 8 heteroatoms. The first kappa shape index (κ1) is 15.6. The number of urea groups is 1. The molecule has 1 saturated heterocycles. The fourth-order valence-corrected chi connectivity index (χ4v) is 2.84. The zero-order valence-electron chi connectivity index (χ0n) is 12.4. The fourth-order valence-electron chi connectivity index (χ4n) is 2.84. The molecule has 1 aliphatic heterocycles. The highest BCUT2D eigenvalue weighted by Gasteiger charge is 2.50. The predicted molar refractivity (Wildman–Crippen MR) is 72.7 cm³/mol. The summed E-state index contributed by atoms with van der Waals surface area (Å²) in [6.07, 6.45) is 0.732. The SMILES string of the molecule is COC1CC(NC(=O)N2CC(=O)NCC2C(=O)O)C1(C)C. The van der Waals surface area contributed by atoms with Crippen LogP contribution in [0.5, 0.6) is 0 Å². The van der Waals surface area contributed by atoms with Crippen LogP contribution >= 0.6 is 0 Å². The van der Waals surface area contributed by atoms with Gasteiger partial charge < -0.3 is 20.5 Å². The molecule has 3 N–H and O–H groups in total. The van der Waals surface area contributed by atoms with Crippen molar-refractivity contribution >= 4 is 17.9 Å². The van der Waals surface area contributed by atoms with Gasteiger partial charge in [-0.05, 0) is 6.42 Å². The number of carbonyl (C=O) groups excluding carboxylic acids is 2. The molecule has 0 radical (unpaired) electrons. The molecule has 0 bridgehead atoms. The lowest BCUT2D eigenvalue weighted by molar-refractivity contribution is -0.144. The third-order valence-electron chi connectivity index (χ3n) is 4.49. The first-order chi connectivity index (χ1) is 9.77. The summed E-state index contributed by atoms with van der Waals surface area (Å²) in [7, 11) is 1.62. The van der Waals surface area contributed by atoms with Crippen molar-refractivity contribution in [3.05, 3.63) is 0 Å². The van der Waals surface area contributed by atoms with E-state index in [2.05, 4.69) is 10.6 Å². The summed E-state index contributed by atoms with van der Waals surface area (Å²) in [6, 6.07) is -1.66. The Morgan fingerprint density at radius 3 is 2.67 bits per heavy atom. The normalized spacial score (nSPS) is 31.1. The van der Waals surface area contributed by atoms with E-state index in [1.54, 1.807) is 7.11 Å². The highest BCUT2D eigenvalue weighted by atomic mass is 16.5. The van der Waals surface area contributed by atoms with Crippen LogP contribution in [0.4, 0.5) is 4.79 Å². The second kappa shape index (κ2) is 5.51. The second-order valence-corrected chi connectivity index (χ2v) is 6.07. The number of aliphatic carboxylic acids is 1. The molecule has 1 heterocycles. The molecule has 8 nitrogen and oxygen atoms in total. The largest absolute Gasteiger partial charge is 0.480 e. The number of rotatable bonds is 3. The summed E-state index contributed by atoms with van der Waals surface area (Å²) in [4.78, 5) is 35.9. The number of amides is 3. The molecule has 0 aromatic heterocycles. The number of piperazine rings is 1. The second-order valence-electron chi connectivity index (χ2n) is 6.07. The molecule has 3 amide bonds. The molecule has 118 valence electrons. The molecular weight excluding hydrogens is 278 g/mol. The molecule has 1 saturated carbocycles. The van der Waals surface area contributed by atoms with Crippen LogP contribution in [0.2, 0.25) is 0 Å². The summed E-state index contributed by atoms with van der Waals surface area (Å²) in [6.45, 7) is 3.64. The maximum atomic E-state index is 12.3. The van der Waals surface area contributed by atoms with Gasteiger partial charge in [0.2, 0.25) is 5.91 Å². The van der Waals surface area contributed by atoms with Crippen LogP contribution in [0.3, 0.4) is 0 Å². The Balaban J connectivity index is 2.02. The van der Waals surface area contributed by atoms with Crippen LogP contribution in [0, 0.1) is 5.41 Å². The minimum Gasteiger partial charge on any atom is -0.480 e. The Morgan fingerprint density at radius 1 is 1.48 bits per heavy atom. The lowest BCUT2D eigenvalue weighted by Crippen LogP contribution is -2.67. The molecule has 1 aliphatic carbocycles. The monoisotopic (exact) mass is 299 g/mol. The van der Waals surface area contributed by atoms with Gasteiger partial charge in [-0.2, -0.15) is 0 Å². The van der Waals surface area contributed by atoms with Crippen LogP contribution < -0.4 is 10.6 Å². The molecule has 3 unspecified atom stereocenters. The van der Waals surface area contributed by atoms with Gasteiger partial charge in [0, 0.05) is 25.1 Å². The number of ether oxygens (including phenoxy) is 1. The summed E-state index contributed by atoms with van der Waals surface area (Å²) in [5.74, 6) is -1.49. The Labute approximate surface area is 122 Å². The molecule has 21 heavy (non-hydrogen) atoms. The highest BCUT2D eigenvalue weighted by molar-refractivity contribution is 5.90.